The lowest BCUT2D eigenvalue weighted by Gasteiger charge is -2.15. The minimum Gasteiger partial charge on any atom is -0.367 e. The molecule has 2 N–H and O–H groups in total. The van der Waals surface area contributed by atoms with Gasteiger partial charge in [-0.05, 0) is 24.3 Å². The quantitative estimate of drug-likeness (QED) is 0.832. The van der Waals surface area contributed by atoms with Crippen molar-refractivity contribution in [1.29, 1.82) is 0 Å². The van der Waals surface area contributed by atoms with Crippen molar-refractivity contribution in [2.75, 3.05) is 17.3 Å². The Labute approximate surface area is 149 Å². The van der Waals surface area contributed by atoms with Crippen molar-refractivity contribution in [3.63, 3.8) is 0 Å². The number of nitrogens with one attached hydrogen (secondary N) is 2. The number of benzene rings is 2. The molecule has 3 rings (SSSR count). The van der Waals surface area contributed by atoms with Crippen LogP contribution in [-0.2, 0) is 9.59 Å². The number of carbonyl (C=O) groups is 3. The van der Waals surface area contributed by atoms with Crippen LogP contribution < -0.4 is 10.6 Å². The number of carbonyl (C=O) groups excluding carboxylic acids is 3. The van der Waals surface area contributed by atoms with Gasteiger partial charge in [-0.1, -0.05) is 48.2 Å². The molecule has 2 aromatic rings. The molecule has 0 aromatic heterocycles. The number of hydrogen-bond acceptors (Lipinski definition) is 5. The summed E-state index contributed by atoms with van der Waals surface area (Å²) in [5.74, 6) is -0.635. The van der Waals surface area contributed by atoms with E-state index in [0.717, 1.165) is 22.3 Å². The van der Waals surface area contributed by atoms with Crippen LogP contribution >= 0.6 is 11.8 Å². The summed E-state index contributed by atoms with van der Waals surface area (Å²) in [5, 5.41) is 4.73. The molecule has 128 valence electrons. The van der Waals surface area contributed by atoms with E-state index in [4.69, 9.17) is 0 Å². The molecule has 2 aromatic carbocycles. The monoisotopic (exact) mass is 355 g/mol. The molecule has 7 heteroatoms. The third-order valence-corrected chi connectivity index (χ3v) is 4.72. The van der Waals surface area contributed by atoms with Crippen LogP contribution in [0.3, 0.4) is 0 Å². The normalized spacial score (nSPS) is 16.8. The van der Waals surface area contributed by atoms with E-state index >= 15 is 0 Å². The summed E-state index contributed by atoms with van der Waals surface area (Å²) in [5.41, 5.74) is 1.48. The van der Waals surface area contributed by atoms with Gasteiger partial charge in [0.25, 0.3) is 5.24 Å². The Hall–Kier alpha value is -2.80. The maximum absolute atomic E-state index is 12.4. The van der Waals surface area contributed by atoms with Crippen molar-refractivity contribution in [2.45, 2.75) is 11.7 Å². The zero-order valence-corrected chi connectivity index (χ0v) is 14.2. The van der Waals surface area contributed by atoms with Crippen LogP contribution in [0.4, 0.5) is 16.2 Å². The highest BCUT2D eigenvalue weighted by atomic mass is 32.2. The number of amides is 3. The van der Waals surface area contributed by atoms with Crippen molar-refractivity contribution >= 4 is 40.2 Å². The molecule has 0 saturated carbocycles. The number of anilines is 2. The Balaban J connectivity index is 1.54. The summed E-state index contributed by atoms with van der Waals surface area (Å²) in [7, 11) is 0. The predicted molar refractivity (Wildman–Crippen MR) is 98.2 cm³/mol. The van der Waals surface area contributed by atoms with Gasteiger partial charge in [-0.15, -0.1) is 0 Å². The van der Waals surface area contributed by atoms with Gasteiger partial charge in [-0.2, -0.15) is 0 Å². The van der Waals surface area contributed by atoms with Crippen LogP contribution in [-0.4, -0.2) is 33.9 Å². The third kappa shape index (κ3) is 4.39. The van der Waals surface area contributed by atoms with Gasteiger partial charge in [0, 0.05) is 17.8 Å². The fourth-order valence-corrected chi connectivity index (χ4v) is 3.39. The lowest BCUT2D eigenvalue weighted by atomic mass is 10.2. The van der Waals surface area contributed by atoms with E-state index in [0.29, 0.717) is 5.69 Å². The van der Waals surface area contributed by atoms with E-state index in [-0.39, 0.29) is 30.1 Å². The number of para-hydroxylation sites is 2. The second-order valence-electron chi connectivity index (χ2n) is 5.46. The number of imide groups is 1. The molecule has 0 spiro atoms. The van der Waals surface area contributed by atoms with Crippen LogP contribution in [0.2, 0.25) is 0 Å². The van der Waals surface area contributed by atoms with Crippen molar-refractivity contribution < 1.29 is 14.4 Å². The van der Waals surface area contributed by atoms with Crippen molar-refractivity contribution in [3.8, 4) is 0 Å². The van der Waals surface area contributed by atoms with Gasteiger partial charge in [-0.3, -0.25) is 19.3 Å². The van der Waals surface area contributed by atoms with Crippen molar-refractivity contribution in [2.24, 2.45) is 0 Å². The molecule has 1 heterocycles. The van der Waals surface area contributed by atoms with E-state index in [9.17, 15) is 14.4 Å². The second kappa shape index (κ2) is 7.85. The highest BCUT2D eigenvalue weighted by molar-refractivity contribution is 8.15. The molecule has 1 aliphatic heterocycles. The van der Waals surface area contributed by atoms with Gasteiger partial charge < -0.3 is 10.6 Å². The first-order chi connectivity index (χ1) is 12.1. The first-order valence-electron chi connectivity index (χ1n) is 7.79. The van der Waals surface area contributed by atoms with Gasteiger partial charge in [0.15, 0.2) is 0 Å². The molecular weight excluding hydrogens is 338 g/mol. The number of nitrogens with zero attached hydrogens (tertiary/aromatic N) is 1. The Morgan fingerprint density at radius 2 is 1.56 bits per heavy atom. The highest BCUT2D eigenvalue weighted by Gasteiger charge is 2.40. The van der Waals surface area contributed by atoms with Gasteiger partial charge >= 0.3 is 0 Å². The molecule has 0 bridgehead atoms. The van der Waals surface area contributed by atoms with Crippen LogP contribution in [0.25, 0.3) is 0 Å². The summed E-state index contributed by atoms with van der Waals surface area (Å²) in [6.07, 6.45) is -0.0357. The highest BCUT2D eigenvalue weighted by Crippen LogP contribution is 2.29. The van der Waals surface area contributed by atoms with E-state index in [1.807, 2.05) is 48.5 Å². The summed E-state index contributed by atoms with van der Waals surface area (Å²) in [4.78, 5) is 37.7. The van der Waals surface area contributed by atoms with Gasteiger partial charge in [0.1, 0.15) is 5.25 Å². The Morgan fingerprint density at radius 1 is 0.960 bits per heavy atom. The molecule has 6 nitrogen and oxygen atoms in total. The third-order valence-electron chi connectivity index (χ3n) is 3.65. The lowest BCUT2D eigenvalue weighted by Crippen LogP contribution is -2.36. The fraction of sp³-hybridized carbons (Fsp3) is 0.167. The molecule has 3 amide bonds. The minimum atomic E-state index is -0.686. The van der Waals surface area contributed by atoms with Gasteiger partial charge in [0.2, 0.25) is 11.8 Å². The predicted octanol–water partition coefficient (Wildman–Crippen LogP) is 3.15. The molecule has 0 aliphatic carbocycles. The smallest absolute Gasteiger partial charge is 0.290 e. The van der Waals surface area contributed by atoms with E-state index in [1.165, 1.54) is 0 Å². The summed E-state index contributed by atoms with van der Waals surface area (Å²) in [6, 6.07) is 18.3. The van der Waals surface area contributed by atoms with Crippen molar-refractivity contribution in [3.05, 3.63) is 60.7 Å². The van der Waals surface area contributed by atoms with Crippen LogP contribution in [0.15, 0.2) is 60.7 Å². The van der Waals surface area contributed by atoms with Gasteiger partial charge in [0.05, 0.1) is 6.67 Å². The summed E-state index contributed by atoms with van der Waals surface area (Å²) < 4.78 is 0. The largest absolute Gasteiger partial charge is 0.367 e. The zero-order chi connectivity index (χ0) is 17.6. The second-order valence-corrected chi connectivity index (χ2v) is 6.61. The molecule has 0 radical (unpaired) electrons. The average Bonchev–Trinajstić information content (AvgIpc) is 2.88. The maximum Gasteiger partial charge on any atom is 0.290 e. The SMILES string of the molecule is O=C(CC1SC(=O)N(CNc2ccccc2)C1=O)Nc1ccccc1. The first-order valence-corrected chi connectivity index (χ1v) is 8.67. The topological polar surface area (TPSA) is 78.5 Å². The van der Waals surface area contributed by atoms with E-state index < -0.39 is 5.25 Å². The summed E-state index contributed by atoms with van der Waals surface area (Å²) >= 11 is 0.892. The van der Waals surface area contributed by atoms with Crippen molar-refractivity contribution in [1.82, 2.24) is 4.90 Å². The number of rotatable bonds is 6. The maximum atomic E-state index is 12.4. The standard InChI is InChI=1S/C18H17N3O3S/c22-16(20-14-9-5-2-6-10-14)11-15-17(23)21(18(24)25-15)12-19-13-7-3-1-4-8-13/h1-10,15,19H,11-12H2,(H,20,22). The minimum absolute atomic E-state index is 0.0357. The van der Waals surface area contributed by atoms with E-state index in [1.54, 1.807) is 12.1 Å². The first kappa shape index (κ1) is 17.0. The fourth-order valence-electron chi connectivity index (χ4n) is 2.40. The molecular formula is C18H17N3O3S. The molecule has 1 atom stereocenters. The average molecular weight is 355 g/mol. The number of hydrogen-bond donors (Lipinski definition) is 2. The molecule has 1 aliphatic rings. The Bertz CT molecular complexity index is 768. The molecule has 1 saturated heterocycles. The van der Waals surface area contributed by atoms with E-state index in [2.05, 4.69) is 10.6 Å². The molecule has 1 fully saturated rings. The Kier molecular flexibility index (Phi) is 5.35. The molecule has 1 unspecified atom stereocenters. The van der Waals surface area contributed by atoms with Crippen LogP contribution in [0.1, 0.15) is 6.42 Å². The Morgan fingerprint density at radius 3 is 2.20 bits per heavy atom. The van der Waals surface area contributed by atoms with Crippen LogP contribution in [0.5, 0.6) is 0 Å². The summed E-state index contributed by atoms with van der Waals surface area (Å²) in [6.45, 7) is 0.0888. The van der Waals surface area contributed by atoms with Gasteiger partial charge in [-0.25, -0.2) is 0 Å². The lowest BCUT2D eigenvalue weighted by molar-refractivity contribution is -0.128. The molecule has 25 heavy (non-hydrogen) atoms. The van der Waals surface area contributed by atoms with Crippen LogP contribution in [0, 0.1) is 0 Å². The zero-order valence-electron chi connectivity index (χ0n) is 13.3. The number of thioether (sulfide) groups is 1.